The van der Waals surface area contributed by atoms with E-state index in [4.69, 9.17) is 30.9 Å². The van der Waals surface area contributed by atoms with Gasteiger partial charge >= 0.3 is 0 Å². The zero-order chi connectivity index (χ0) is 13.2. The first-order valence-corrected chi connectivity index (χ1v) is 6.10. The van der Waals surface area contributed by atoms with Gasteiger partial charge in [-0.1, -0.05) is 11.6 Å². The molecule has 0 bridgehead atoms. The molecule has 102 valence electrons. The first-order valence-electron chi connectivity index (χ1n) is 5.72. The van der Waals surface area contributed by atoms with E-state index in [-0.39, 0.29) is 6.61 Å². The third kappa shape index (κ3) is 5.64. The van der Waals surface area contributed by atoms with Gasteiger partial charge in [-0.15, -0.1) is 0 Å². The van der Waals surface area contributed by atoms with Gasteiger partial charge in [-0.3, -0.25) is 0 Å². The van der Waals surface area contributed by atoms with Crippen LogP contribution in [0, 0.1) is 0 Å². The molecule has 0 aliphatic rings. The Labute approximate surface area is 112 Å². The summed E-state index contributed by atoms with van der Waals surface area (Å²) >= 11 is 5.82. The van der Waals surface area contributed by atoms with Crippen LogP contribution in [0.25, 0.3) is 0 Å². The van der Waals surface area contributed by atoms with E-state index in [1.807, 2.05) is 0 Å². The summed E-state index contributed by atoms with van der Waals surface area (Å²) in [6, 6.07) is 1.63. The highest BCUT2D eigenvalue weighted by Gasteiger charge is 2.03. The van der Waals surface area contributed by atoms with Crippen LogP contribution in [0.4, 0.5) is 0 Å². The summed E-state index contributed by atoms with van der Waals surface area (Å²) in [4.78, 5) is 4.01. The number of methoxy groups -OCH3 is 1. The van der Waals surface area contributed by atoms with E-state index in [9.17, 15) is 0 Å². The van der Waals surface area contributed by atoms with E-state index in [2.05, 4.69) is 4.98 Å². The number of nitrogens with zero attached hydrogens (tertiary/aromatic N) is 1. The van der Waals surface area contributed by atoms with Crippen LogP contribution in [0.2, 0.25) is 5.02 Å². The van der Waals surface area contributed by atoms with E-state index in [1.165, 1.54) is 6.20 Å². The lowest BCUT2D eigenvalue weighted by Crippen LogP contribution is -2.07. The molecule has 0 unspecified atom stereocenters. The molecule has 0 saturated heterocycles. The predicted octanol–water partition coefficient (Wildman–Crippen LogP) is 1.66. The van der Waals surface area contributed by atoms with E-state index < -0.39 is 0 Å². The Morgan fingerprint density at radius 2 is 2.11 bits per heavy atom. The molecule has 0 aliphatic heterocycles. The molecule has 1 rings (SSSR count). The normalized spacial score (nSPS) is 10.6. The molecule has 0 saturated carbocycles. The Hall–Kier alpha value is -0.880. The maximum atomic E-state index is 9.04. The van der Waals surface area contributed by atoms with Gasteiger partial charge in [0.2, 0.25) is 5.88 Å². The van der Waals surface area contributed by atoms with Crippen LogP contribution in [0.3, 0.4) is 0 Å². The van der Waals surface area contributed by atoms with Crippen LogP contribution in [0.1, 0.15) is 12.0 Å². The maximum absolute atomic E-state index is 9.04. The van der Waals surface area contributed by atoms with Gasteiger partial charge in [0.15, 0.2) is 0 Å². The quantitative estimate of drug-likeness (QED) is 0.695. The maximum Gasteiger partial charge on any atom is 0.213 e. The SMILES string of the molecule is COCCOCCCOc1cc(CO)c(Cl)cn1. The molecule has 1 aromatic heterocycles. The fourth-order valence-electron chi connectivity index (χ4n) is 1.24. The van der Waals surface area contributed by atoms with E-state index >= 15 is 0 Å². The number of hydrogen-bond donors (Lipinski definition) is 1. The van der Waals surface area contributed by atoms with E-state index in [0.29, 0.717) is 42.9 Å². The number of halogens is 1. The standard InChI is InChI=1S/C12H18ClNO4/c1-16-5-6-17-3-2-4-18-12-7-10(9-15)11(13)8-14-12/h7-8,15H,2-6,9H2,1H3. The zero-order valence-electron chi connectivity index (χ0n) is 10.4. The summed E-state index contributed by atoms with van der Waals surface area (Å²) in [6.07, 6.45) is 2.24. The lowest BCUT2D eigenvalue weighted by Gasteiger charge is -2.07. The van der Waals surface area contributed by atoms with Crippen LogP contribution in [0.5, 0.6) is 5.88 Å². The second-order valence-corrected chi connectivity index (χ2v) is 3.99. The lowest BCUT2D eigenvalue weighted by molar-refractivity contribution is 0.0642. The van der Waals surface area contributed by atoms with Crippen LogP contribution >= 0.6 is 11.6 Å². The van der Waals surface area contributed by atoms with Crippen LogP contribution in [0.15, 0.2) is 12.3 Å². The molecule has 18 heavy (non-hydrogen) atoms. The number of aliphatic hydroxyl groups is 1. The summed E-state index contributed by atoms with van der Waals surface area (Å²) in [5.74, 6) is 0.459. The topological polar surface area (TPSA) is 60.8 Å². The fourth-order valence-corrected chi connectivity index (χ4v) is 1.40. The van der Waals surface area contributed by atoms with Gasteiger partial charge in [0.05, 0.1) is 31.5 Å². The summed E-state index contributed by atoms with van der Waals surface area (Å²) in [5, 5.41) is 9.47. The van der Waals surface area contributed by atoms with Gasteiger partial charge in [0.25, 0.3) is 0 Å². The van der Waals surface area contributed by atoms with Crippen molar-refractivity contribution in [1.82, 2.24) is 4.98 Å². The number of rotatable bonds is 9. The average Bonchev–Trinajstić information content (AvgIpc) is 2.39. The van der Waals surface area contributed by atoms with Crippen molar-refractivity contribution in [1.29, 1.82) is 0 Å². The minimum atomic E-state index is -0.127. The van der Waals surface area contributed by atoms with Gasteiger partial charge in [-0.2, -0.15) is 0 Å². The van der Waals surface area contributed by atoms with Crippen molar-refractivity contribution >= 4 is 11.6 Å². The molecule has 0 spiro atoms. The molecule has 0 aromatic carbocycles. The molecule has 0 fully saturated rings. The number of hydrogen-bond acceptors (Lipinski definition) is 5. The smallest absolute Gasteiger partial charge is 0.213 e. The summed E-state index contributed by atoms with van der Waals surface area (Å²) in [6.45, 7) is 2.18. The van der Waals surface area contributed by atoms with Crippen molar-refractivity contribution in [3.8, 4) is 5.88 Å². The Morgan fingerprint density at radius 1 is 1.28 bits per heavy atom. The highest BCUT2D eigenvalue weighted by molar-refractivity contribution is 6.31. The van der Waals surface area contributed by atoms with Crippen molar-refractivity contribution < 1.29 is 19.3 Å². The number of pyridine rings is 1. The molecule has 1 N–H and O–H groups in total. The largest absolute Gasteiger partial charge is 0.478 e. The van der Waals surface area contributed by atoms with Gasteiger partial charge in [-0.25, -0.2) is 4.98 Å². The first-order chi connectivity index (χ1) is 8.77. The third-order valence-electron chi connectivity index (χ3n) is 2.19. The van der Waals surface area contributed by atoms with Gasteiger partial charge in [0, 0.05) is 38.0 Å². The number of ether oxygens (including phenoxy) is 3. The van der Waals surface area contributed by atoms with Crippen molar-refractivity contribution in [2.45, 2.75) is 13.0 Å². The second kappa shape index (κ2) is 9.10. The Balaban J connectivity index is 2.19. The van der Waals surface area contributed by atoms with Gasteiger partial charge in [0.1, 0.15) is 0 Å². The fraction of sp³-hybridized carbons (Fsp3) is 0.583. The van der Waals surface area contributed by atoms with Crippen molar-refractivity contribution in [3.05, 3.63) is 22.8 Å². The van der Waals surface area contributed by atoms with Crippen molar-refractivity contribution in [3.63, 3.8) is 0 Å². The number of aliphatic hydroxyl groups excluding tert-OH is 1. The van der Waals surface area contributed by atoms with E-state index in [1.54, 1.807) is 13.2 Å². The summed E-state index contributed by atoms with van der Waals surface area (Å²) in [7, 11) is 1.64. The molecule has 0 aliphatic carbocycles. The molecular formula is C12H18ClNO4. The minimum absolute atomic E-state index is 0.127. The molecular weight excluding hydrogens is 258 g/mol. The Morgan fingerprint density at radius 3 is 2.83 bits per heavy atom. The van der Waals surface area contributed by atoms with Gasteiger partial charge < -0.3 is 19.3 Å². The summed E-state index contributed by atoms with van der Waals surface area (Å²) in [5.41, 5.74) is 0.609. The van der Waals surface area contributed by atoms with Crippen LogP contribution < -0.4 is 4.74 Å². The molecule has 1 heterocycles. The highest BCUT2D eigenvalue weighted by Crippen LogP contribution is 2.19. The van der Waals surface area contributed by atoms with Crippen molar-refractivity contribution in [2.75, 3.05) is 33.5 Å². The monoisotopic (exact) mass is 275 g/mol. The predicted molar refractivity (Wildman–Crippen MR) is 68.0 cm³/mol. The average molecular weight is 276 g/mol. The molecule has 1 aromatic rings. The van der Waals surface area contributed by atoms with Crippen LogP contribution in [-0.4, -0.2) is 43.6 Å². The number of aromatic nitrogens is 1. The highest BCUT2D eigenvalue weighted by atomic mass is 35.5. The lowest BCUT2D eigenvalue weighted by atomic mass is 10.3. The molecule has 0 amide bonds. The van der Waals surface area contributed by atoms with Crippen molar-refractivity contribution in [2.24, 2.45) is 0 Å². The molecule has 5 nitrogen and oxygen atoms in total. The molecule has 6 heteroatoms. The molecule has 0 radical (unpaired) electrons. The Bertz CT molecular complexity index is 349. The summed E-state index contributed by atoms with van der Waals surface area (Å²) < 4.78 is 15.6. The van der Waals surface area contributed by atoms with Crippen LogP contribution in [-0.2, 0) is 16.1 Å². The van der Waals surface area contributed by atoms with Gasteiger partial charge in [-0.05, 0) is 0 Å². The third-order valence-corrected chi connectivity index (χ3v) is 2.54. The van der Waals surface area contributed by atoms with E-state index in [0.717, 1.165) is 6.42 Å². The molecule has 0 atom stereocenters. The minimum Gasteiger partial charge on any atom is -0.478 e. The zero-order valence-corrected chi connectivity index (χ0v) is 11.2. The Kier molecular flexibility index (Phi) is 7.68. The first kappa shape index (κ1) is 15.2. The second-order valence-electron chi connectivity index (χ2n) is 3.58.